The van der Waals surface area contributed by atoms with Gasteiger partial charge in [-0.1, -0.05) is 0 Å². The number of nitrogen functional groups attached to an aromatic ring is 1. The fourth-order valence-corrected chi connectivity index (χ4v) is 2.79. The monoisotopic (exact) mass is 405 g/mol. The molecule has 2 atom stereocenters. The lowest BCUT2D eigenvalue weighted by atomic mass is 10.1. The molecule has 0 aliphatic carbocycles. The molecule has 2 aromatic rings. The van der Waals surface area contributed by atoms with Crippen LogP contribution in [0.1, 0.15) is 5.56 Å². The molecule has 1 aliphatic heterocycles. The summed E-state index contributed by atoms with van der Waals surface area (Å²) in [4.78, 5) is 29.0. The van der Waals surface area contributed by atoms with E-state index < -0.39 is 41.5 Å². The number of amidine groups is 1. The number of benzene rings is 1. The van der Waals surface area contributed by atoms with Crippen LogP contribution in [0.5, 0.6) is 0 Å². The molecule has 0 bridgehead atoms. The van der Waals surface area contributed by atoms with Crippen molar-refractivity contribution in [2.24, 2.45) is 5.73 Å². The largest absolute Gasteiger partial charge is 0.384 e. The van der Waals surface area contributed by atoms with Gasteiger partial charge in [-0.15, -0.1) is 0 Å². The number of halogens is 2. The first-order chi connectivity index (χ1) is 13.8. The Bertz CT molecular complexity index is 934. The number of aromatic nitrogens is 1. The molecular weight excluding hydrogens is 388 g/mol. The van der Waals surface area contributed by atoms with Gasteiger partial charge in [0.05, 0.1) is 6.61 Å². The molecule has 9 nitrogen and oxygen atoms in total. The van der Waals surface area contributed by atoms with Crippen LogP contribution >= 0.6 is 0 Å². The number of ether oxygens (including phenoxy) is 1. The minimum atomic E-state index is -1.93. The predicted octanol–water partition coefficient (Wildman–Crippen LogP) is 0.375. The van der Waals surface area contributed by atoms with Crippen molar-refractivity contribution in [2.75, 3.05) is 23.4 Å². The predicted molar refractivity (Wildman–Crippen MR) is 98.3 cm³/mol. The van der Waals surface area contributed by atoms with E-state index in [0.29, 0.717) is 5.56 Å². The molecule has 2 amide bonds. The van der Waals surface area contributed by atoms with Crippen LogP contribution in [0.25, 0.3) is 0 Å². The number of carbonyl (C=O) groups is 2. The van der Waals surface area contributed by atoms with Crippen molar-refractivity contribution in [1.82, 2.24) is 4.98 Å². The molecule has 5 N–H and O–H groups in total. The topological polar surface area (TPSA) is 142 Å². The second-order valence-electron chi connectivity index (χ2n) is 6.14. The van der Waals surface area contributed by atoms with Crippen molar-refractivity contribution >= 4 is 29.0 Å². The number of hydrogen-bond donors (Lipinski definition) is 4. The number of hydrogen-bond acceptors (Lipinski definition) is 6. The zero-order chi connectivity index (χ0) is 21.1. The molecule has 152 valence electrons. The highest BCUT2D eigenvalue weighted by Crippen LogP contribution is 2.25. The van der Waals surface area contributed by atoms with Crippen molar-refractivity contribution in [1.29, 1.82) is 5.41 Å². The van der Waals surface area contributed by atoms with Gasteiger partial charge in [-0.3, -0.25) is 15.0 Å². The number of aliphatic hydroxyl groups excluding tert-OH is 1. The number of nitrogens with zero attached hydrogens (tertiary/aromatic N) is 2. The number of anilines is 2. The third-order valence-electron chi connectivity index (χ3n) is 4.24. The third-order valence-corrected chi connectivity index (χ3v) is 4.24. The molecule has 3 rings (SSSR count). The van der Waals surface area contributed by atoms with Crippen LogP contribution in [0.4, 0.5) is 20.2 Å². The molecule has 1 aromatic heterocycles. The van der Waals surface area contributed by atoms with Gasteiger partial charge in [-0.2, -0.15) is 4.39 Å². The van der Waals surface area contributed by atoms with Gasteiger partial charge in [-0.05, 0) is 30.3 Å². The van der Waals surface area contributed by atoms with Crippen LogP contribution in [0, 0.1) is 17.2 Å². The highest BCUT2D eigenvalue weighted by Gasteiger charge is 2.41. The normalized spacial score (nSPS) is 17.7. The van der Waals surface area contributed by atoms with Crippen molar-refractivity contribution in [3.8, 4) is 0 Å². The standard InChI is InChI=1S/C18H17F2N5O4/c19-11-5-6-23-15(20)12(11)25-7-8-29-14(18(25)28)13(26)17(27)24-10-3-1-9(2-4-10)16(21)22/h1-6,13-14,26H,7-8H2,(H3,21,22)(H,24,27)/t13-,14-/m1/s1. The first-order valence-electron chi connectivity index (χ1n) is 8.46. The molecule has 0 spiro atoms. The summed E-state index contributed by atoms with van der Waals surface area (Å²) in [6.07, 6.45) is -2.67. The maximum Gasteiger partial charge on any atom is 0.259 e. The summed E-state index contributed by atoms with van der Waals surface area (Å²) >= 11 is 0. The minimum Gasteiger partial charge on any atom is -0.384 e. The van der Waals surface area contributed by atoms with Crippen molar-refractivity contribution in [3.63, 3.8) is 0 Å². The van der Waals surface area contributed by atoms with Crippen LogP contribution < -0.4 is 16.0 Å². The number of nitrogens with one attached hydrogen (secondary N) is 2. The van der Waals surface area contributed by atoms with Gasteiger partial charge in [0.2, 0.25) is 5.95 Å². The number of pyridine rings is 1. The Balaban J connectivity index is 1.74. The summed E-state index contributed by atoms with van der Waals surface area (Å²) in [6.45, 7) is -0.322. The van der Waals surface area contributed by atoms with Gasteiger partial charge >= 0.3 is 0 Å². The molecule has 0 saturated carbocycles. The Kier molecular flexibility index (Phi) is 5.80. The lowest BCUT2D eigenvalue weighted by Gasteiger charge is -2.34. The number of nitrogens with two attached hydrogens (primary N) is 1. The highest BCUT2D eigenvalue weighted by molar-refractivity contribution is 6.04. The van der Waals surface area contributed by atoms with Crippen molar-refractivity contribution < 1.29 is 28.2 Å². The van der Waals surface area contributed by atoms with Crippen LogP contribution in [-0.4, -0.2) is 53.1 Å². The molecule has 1 fully saturated rings. The van der Waals surface area contributed by atoms with E-state index >= 15 is 0 Å². The van der Waals surface area contributed by atoms with E-state index in [1.165, 1.54) is 24.3 Å². The molecular formula is C18H17F2N5O4. The van der Waals surface area contributed by atoms with Crippen LogP contribution in [-0.2, 0) is 14.3 Å². The highest BCUT2D eigenvalue weighted by atomic mass is 19.1. The van der Waals surface area contributed by atoms with E-state index in [2.05, 4.69) is 10.3 Å². The second kappa shape index (κ2) is 8.29. The van der Waals surface area contributed by atoms with Gasteiger partial charge in [0.25, 0.3) is 11.8 Å². The van der Waals surface area contributed by atoms with E-state index in [1.54, 1.807) is 0 Å². The van der Waals surface area contributed by atoms with Gasteiger partial charge in [0.1, 0.15) is 11.5 Å². The van der Waals surface area contributed by atoms with Gasteiger partial charge in [0.15, 0.2) is 18.0 Å². The lowest BCUT2D eigenvalue weighted by Crippen LogP contribution is -2.56. The number of amides is 2. The number of carbonyl (C=O) groups excluding carboxylic acids is 2. The SMILES string of the molecule is N=C(N)c1ccc(NC(=O)[C@H](O)[C@H]2OCCN(c3c(F)ccnc3F)C2=O)cc1. The summed E-state index contributed by atoms with van der Waals surface area (Å²) in [5, 5.41) is 20.0. The van der Waals surface area contributed by atoms with E-state index in [1.807, 2.05) is 0 Å². The molecule has 1 saturated heterocycles. The van der Waals surface area contributed by atoms with E-state index in [4.69, 9.17) is 15.9 Å². The van der Waals surface area contributed by atoms with E-state index in [0.717, 1.165) is 17.2 Å². The van der Waals surface area contributed by atoms with Gasteiger partial charge in [0, 0.05) is 24.0 Å². The Labute approximate surface area is 163 Å². The summed E-state index contributed by atoms with van der Waals surface area (Å²) in [5.41, 5.74) is 5.40. The molecule has 29 heavy (non-hydrogen) atoms. The minimum absolute atomic E-state index is 0.151. The second-order valence-corrected chi connectivity index (χ2v) is 6.14. The Hall–Kier alpha value is -3.44. The van der Waals surface area contributed by atoms with E-state index in [-0.39, 0.29) is 24.7 Å². The zero-order valence-corrected chi connectivity index (χ0v) is 14.9. The van der Waals surface area contributed by atoms with Crippen molar-refractivity contribution in [2.45, 2.75) is 12.2 Å². The Morgan fingerprint density at radius 3 is 2.66 bits per heavy atom. The van der Waals surface area contributed by atoms with Gasteiger partial charge in [-0.25, -0.2) is 9.37 Å². The summed E-state index contributed by atoms with van der Waals surface area (Å²) < 4.78 is 33.1. The van der Waals surface area contributed by atoms with E-state index in [9.17, 15) is 23.5 Å². The van der Waals surface area contributed by atoms with Crippen LogP contribution in [0.3, 0.4) is 0 Å². The molecule has 11 heteroatoms. The summed E-state index contributed by atoms with van der Waals surface area (Å²) in [6, 6.07) is 6.78. The number of rotatable bonds is 5. The fourth-order valence-electron chi connectivity index (χ4n) is 2.79. The Morgan fingerprint density at radius 2 is 2.03 bits per heavy atom. The summed E-state index contributed by atoms with van der Waals surface area (Å²) in [5.74, 6) is -4.27. The summed E-state index contributed by atoms with van der Waals surface area (Å²) in [7, 11) is 0. The van der Waals surface area contributed by atoms with Crippen molar-refractivity contribution in [3.05, 3.63) is 53.9 Å². The molecule has 1 aliphatic rings. The van der Waals surface area contributed by atoms with Crippen LogP contribution in [0.15, 0.2) is 36.5 Å². The Morgan fingerprint density at radius 1 is 1.34 bits per heavy atom. The number of aliphatic hydroxyl groups is 1. The smallest absolute Gasteiger partial charge is 0.259 e. The maximum atomic E-state index is 14.0. The first kappa shape index (κ1) is 20.3. The third kappa shape index (κ3) is 4.20. The maximum absolute atomic E-state index is 14.0. The average Bonchev–Trinajstić information content (AvgIpc) is 2.69. The molecule has 2 heterocycles. The quantitative estimate of drug-likeness (QED) is 0.322. The lowest BCUT2D eigenvalue weighted by molar-refractivity contribution is -0.150. The van der Waals surface area contributed by atoms with Crippen LogP contribution in [0.2, 0.25) is 0 Å². The number of morpholine rings is 1. The first-order valence-corrected chi connectivity index (χ1v) is 8.46. The fraction of sp³-hybridized carbons (Fsp3) is 0.222. The molecule has 0 radical (unpaired) electrons. The zero-order valence-electron chi connectivity index (χ0n) is 14.9. The average molecular weight is 405 g/mol. The molecule has 1 aromatic carbocycles. The van der Waals surface area contributed by atoms with Gasteiger partial charge < -0.3 is 25.8 Å². The molecule has 0 unspecified atom stereocenters.